The summed E-state index contributed by atoms with van der Waals surface area (Å²) in [5, 5.41) is 0.225. The Morgan fingerprint density at radius 2 is 1.44 bits per heavy atom. The summed E-state index contributed by atoms with van der Waals surface area (Å²) >= 11 is 0. The predicted molar refractivity (Wildman–Crippen MR) is 176 cm³/mol. The smallest absolute Gasteiger partial charge is 0.305 e. The first-order valence-electron chi connectivity index (χ1n) is 14.5. The molecule has 0 rings (SSSR count). The number of carbonyl (C=O) groups excluding carboxylic acids is 1. The predicted octanol–water partition coefficient (Wildman–Crippen LogP) is 8.89. The lowest BCUT2D eigenvalue weighted by Crippen LogP contribution is -2.43. The minimum atomic E-state index is -2.00. The highest BCUT2D eigenvalue weighted by molar-refractivity contribution is 6.83. The molecular formula is C32H58O4Si3. The molecule has 7 heteroatoms. The molecule has 0 aliphatic carbocycles. The zero-order valence-electron chi connectivity index (χ0n) is 27.6. The van der Waals surface area contributed by atoms with Gasteiger partial charge in [0, 0.05) is 12.8 Å². The molecule has 0 amide bonds. The van der Waals surface area contributed by atoms with Crippen molar-refractivity contribution in [1.82, 2.24) is 0 Å². The van der Waals surface area contributed by atoms with Crippen molar-refractivity contribution in [1.29, 1.82) is 0 Å². The van der Waals surface area contributed by atoms with Crippen molar-refractivity contribution in [2.24, 2.45) is 0 Å². The monoisotopic (exact) mass is 590 g/mol. The van der Waals surface area contributed by atoms with E-state index in [2.05, 4.69) is 117 Å². The summed E-state index contributed by atoms with van der Waals surface area (Å²) in [6.45, 7) is 31.5. The van der Waals surface area contributed by atoms with Crippen molar-refractivity contribution in [3.63, 3.8) is 0 Å². The molecular weight excluding hydrogens is 533 g/mol. The number of ether oxygens (including phenoxy) is 1. The van der Waals surface area contributed by atoms with E-state index in [0.717, 1.165) is 0 Å². The molecule has 4 nitrogen and oxygen atoms in total. The van der Waals surface area contributed by atoms with Crippen molar-refractivity contribution >= 4 is 30.7 Å². The van der Waals surface area contributed by atoms with Gasteiger partial charge in [-0.05, 0) is 62.1 Å². The van der Waals surface area contributed by atoms with Crippen LogP contribution in [0.1, 0.15) is 74.1 Å². The lowest BCUT2D eigenvalue weighted by molar-refractivity contribution is -0.143. The van der Waals surface area contributed by atoms with Crippen molar-refractivity contribution in [2.75, 3.05) is 6.61 Å². The molecule has 39 heavy (non-hydrogen) atoms. The molecule has 0 aliphatic rings. The average Bonchev–Trinajstić information content (AvgIpc) is 2.73. The minimum absolute atomic E-state index is 0.0371. The summed E-state index contributed by atoms with van der Waals surface area (Å²) in [5.74, 6) is 9.71. The summed E-state index contributed by atoms with van der Waals surface area (Å²) < 4.78 is 18.3. The van der Waals surface area contributed by atoms with Gasteiger partial charge in [-0.2, -0.15) is 0 Å². The first kappa shape index (κ1) is 37.6. The van der Waals surface area contributed by atoms with Crippen molar-refractivity contribution < 1.29 is 18.4 Å². The Hall–Kier alpha value is -1.36. The lowest BCUT2D eigenvalue weighted by Gasteiger charge is -2.38. The molecule has 0 aromatic carbocycles. The number of carbonyl (C=O) groups is 1. The van der Waals surface area contributed by atoms with Crippen molar-refractivity contribution in [2.45, 2.75) is 142 Å². The van der Waals surface area contributed by atoms with E-state index in [1.54, 1.807) is 0 Å². The van der Waals surface area contributed by atoms with Crippen LogP contribution in [0, 0.1) is 23.3 Å². The number of hydrogen-bond acceptors (Lipinski definition) is 4. The second-order valence-electron chi connectivity index (χ2n) is 14.3. The van der Waals surface area contributed by atoms with Gasteiger partial charge in [-0.3, -0.25) is 4.79 Å². The molecule has 222 valence electrons. The quantitative estimate of drug-likeness (QED) is 0.0985. The first-order chi connectivity index (χ1) is 17.6. The third-order valence-electron chi connectivity index (χ3n) is 7.28. The highest BCUT2D eigenvalue weighted by Crippen LogP contribution is 2.38. The third kappa shape index (κ3) is 16.5. The standard InChI is InChI=1S/C32H58O4Si3/c1-15-34-30(33)26-20-24-28(35-38(11,12)31(2,3)4)22-18-16-17-19-23-29(25-21-27-37(8,9)10)36-39(13,14)32(5,6)7/h16-17,19,23,28-29H,15,20,24-26H2,1-14H3/t28-,29-/m1/s1. The Balaban J connectivity index is 5.60. The Morgan fingerprint density at radius 1 is 0.872 bits per heavy atom. The maximum atomic E-state index is 11.8. The molecule has 0 radical (unpaired) electrons. The van der Waals surface area contributed by atoms with Crippen LogP contribution in [0.5, 0.6) is 0 Å². The number of rotatable bonds is 12. The van der Waals surface area contributed by atoms with E-state index in [1.807, 2.05) is 25.2 Å². The number of hydrogen-bond donors (Lipinski definition) is 0. The largest absolute Gasteiger partial charge is 0.466 e. The zero-order valence-corrected chi connectivity index (χ0v) is 30.6. The van der Waals surface area contributed by atoms with Gasteiger partial charge in [-0.15, -0.1) is 11.5 Å². The fourth-order valence-corrected chi connectivity index (χ4v) is 6.06. The Morgan fingerprint density at radius 3 is 1.95 bits per heavy atom. The van der Waals surface area contributed by atoms with E-state index in [0.29, 0.717) is 32.3 Å². The third-order valence-corrected chi connectivity index (χ3v) is 17.2. The maximum absolute atomic E-state index is 11.8. The van der Waals surface area contributed by atoms with Gasteiger partial charge >= 0.3 is 5.97 Å². The topological polar surface area (TPSA) is 44.8 Å². The fourth-order valence-electron chi connectivity index (χ4n) is 2.91. The summed E-state index contributed by atoms with van der Waals surface area (Å²) in [7, 11) is -5.34. The van der Waals surface area contributed by atoms with Crippen LogP contribution in [0.4, 0.5) is 0 Å². The van der Waals surface area contributed by atoms with E-state index in [-0.39, 0.29) is 28.3 Å². The number of esters is 1. The van der Waals surface area contributed by atoms with Gasteiger partial charge in [0.15, 0.2) is 16.6 Å². The van der Waals surface area contributed by atoms with E-state index in [9.17, 15) is 4.79 Å². The SMILES string of the molecule is CCOC(=O)CCC[C@@H](C#CC=CC=C[C@H](CC#C[Si](C)(C)C)O[Si](C)(C)C(C)(C)C)O[Si](C)(C)C(C)(C)C. The van der Waals surface area contributed by atoms with Crippen LogP contribution in [-0.4, -0.2) is 49.5 Å². The Kier molecular flexibility index (Phi) is 15.6. The van der Waals surface area contributed by atoms with E-state index >= 15 is 0 Å². The summed E-state index contributed by atoms with van der Waals surface area (Å²) in [6, 6.07) is 0. The highest BCUT2D eigenvalue weighted by atomic mass is 28.4. The molecule has 2 atom stereocenters. The Labute approximate surface area is 245 Å². The molecule has 0 aromatic heterocycles. The second-order valence-corrected chi connectivity index (χ2v) is 28.5. The summed E-state index contributed by atoms with van der Waals surface area (Å²) in [5.41, 5.74) is 3.47. The van der Waals surface area contributed by atoms with Crippen LogP contribution in [0.2, 0.25) is 55.9 Å². The average molecular weight is 591 g/mol. The van der Waals surface area contributed by atoms with Crippen LogP contribution in [0.15, 0.2) is 24.3 Å². The molecule has 0 heterocycles. The van der Waals surface area contributed by atoms with Gasteiger partial charge in [0.1, 0.15) is 14.2 Å². The van der Waals surface area contributed by atoms with Gasteiger partial charge in [-0.1, -0.05) is 91.3 Å². The highest BCUT2D eigenvalue weighted by Gasteiger charge is 2.39. The Bertz CT molecular complexity index is 937. The summed E-state index contributed by atoms with van der Waals surface area (Å²) in [6.07, 6.45) is 10.2. The van der Waals surface area contributed by atoms with Crippen LogP contribution in [0.3, 0.4) is 0 Å². The molecule has 0 fully saturated rings. The zero-order chi connectivity index (χ0) is 30.5. The van der Waals surface area contributed by atoms with Crippen LogP contribution in [0.25, 0.3) is 0 Å². The lowest BCUT2D eigenvalue weighted by atomic mass is 10.1. The van der Waals surface area contributed by atoms with Crippen LogP contribution >= 0.6 is 0 Å². The molecule has 0 saturated carbocycles. The van der Waals surface area contributed by atoms with Crippen molar-refractivity contribution in [3.8, 4) is 23.3 Å². The molecule has 0 unspecified atom stereocenters. The van der Waals surface area contributed by atoms with Crippen LogP contribution in [-0.2, 0) is 18.4 Å². The molecule has 0 saturated heterocycles. The molecule has 0 aliphatic heterocycles. The molecule has 0 spiro atoms. The first-order valence-corrected chi connectivity index (χ1v) is 23.8. The van der Waals surface area contributed by atoms with E-state index in [1.165, 1.54) is 0 Å². The molecule has 0 N–H and O–H groups in total. The van der Waals surface area contributed by atoms with Gasteiger partial charge < -0.3 is 13.6 Å². The van der Waals surface area contributed by atoms with E-state index < -0.39 is 24.7 Å². The molecule has 0 aromatic rings. The van der Waals surface area contributed by atoms with Gasteiger partial charge in [0.05, 0.1) is 12.7 Å². The van der Waals surface area contributed by atoms with Gasteiger partial charge in [-0.25, -0.2) is 0 Å². The molecule has 0 bridgehead atoms. The summed E-state index contributed by atoms with van der Waals surface area (Å²) in [4.78, 5) is 11.8. The van der Waals surface area contributed by atoms with E-state index in [4.69, 9.17) is 13.6 Å². The maximum Gasteiger partial charge on any atom is 0.305 e. The normalized spacial score (nSPS) is 14.9. The van der Waals surface area contributed by atoms with Crippen molar-refractivity contribution in [3.05, 3.63) is 24.3 Å². The van der Waals surface area contributed by atoms with Crippen LogP contribution < -0.4 is 0 Å². The van der Waals surface area contributed by atoms with Gasteiger partial charge in [0.25, 0.3) is 0 Å². The number of allylic oxidation sites excluding steroid dienone is 3. The van der Waals surface area contributed by atoms with Gasteiger partial charge in [0.2, 0.25) is 0 Å². The minimum Gasteiger partial charge on any atom is -0.466 e. The fraction of sp³-hybridized carbons (Fsp3) is 0.719. The second kappa shape index (κ2) is 16.2.